The molecule has 0 spiro atoms. The highest BCUT2D eigenvalue weighted by molar-refractivity contribution is 5.91. The molecule has 1 N–H and O–H groups in total. The minimum atomic E-state index is -1.61. The van der Waals surface area contributed by atoms with E-state index in [0.29, 0.717) is 43.1 Å². The van der Waals surface area contributed by atoms with Crippen LogP contribution in [0.15, 0.2) is 55.0 Å². The number of carbonyl (C=O) groups is 3. The topological polar surface area (TPSA) is 162 Å². The normalized spacial score (nSPS) is 16.0. The number of carbonyl (C=O) groups excluding carboxylic acids is 2. The Hall–Kier alpha value is -5.60. The van der Waals surface area contributed by atoms with Crippen molar-refractivity contribution in [3.8, 4) is 22.8 Å². The highest BCUT2D eigenvalue weighted by Gasteiger charge is 2.57. The Morgan fingerprint density at radius 1 is 0.920 bits per heavy atom. The van der Waals surface area contributed by atoms with E-state index >= 15 is 0 Å². The molecule has 264 valence electrons. The summed E-state index contributed by atoms with van der Waals surface area (Å²) in [5.41, 5.74) is 2.31. The van der Waals surface area contributed by atoms with Gasteiger partial charge in [0.1, 0.15) is 17.1 Å². The third-order valence-electron chi connectivity index (χ3n) is 8.88. The molecule has 6 rings (SSSR count). The van der Waals surface area contributed by atoms with Crippen LogP contribution in [0.1, 0.15) is 39.7 Å². The lowest BCUT2D eigenvalue weighted by molar-refractivity contribution is -0.175. The van der Waals surface area contributed by atoms with Crippen LogP contribution in [0.2, 0.25) is 0 Å². The van der Waals surface area contributed by atoms with E-state index in [1.54, 1.807) is 52.3 Å². The molecule has 50 heavy (non-hydrogen) atoms. The first-order valence-corrected chi connectivity index (χ1v) is 16.2. The molecule has 2 aromatic carbocycles. The van der Waals surface area contributed by atoms with Crippen LogP contribution in [0.25, 0.3) is 22.3 Å². The van der Waals surface area contributed by atoms with E-state index in [4.69, 9.17) is 23.9 Å². The summed E-state index contributed by atoms with van der Waals surface area (Å²) in [7, 11) is 5.19. The number of ether oxygens (including phenoxy) is 4. The van der Waals surface area contributed by atoms with E-state index in [0.717, 1.165) is 32.9 Å². The van der Waals surface area contributed by atoms with Crippen molar-refractivity contribution >= 4 is 40.6 Å². The second-order valence-electron chi connectivity index (χ2n) is 13.5. The molecule has 2 aromatic heterocycles. The second kappa shape index (κ2) is 13.4. The molecular weight excluding hydrogens is 646 g/mol. The summed E-state index contributed by atoms with van der Waals surface area (Å²) < 4.78 is 23.5. The number of rotatable bonds is 8. The van der Waals surface area contributed by atoms with Crippen molar-refractivity contribution in [2.45, 2.75) is 50.9 Å². The van der Waals surface area contributed by atoms with Crippen LogP contribution in [0.4, 0.5) is 21.0 Å². The van der Waals surface area contributed by atoms with Crippen LogP contribution in [0, 0.1) is 0 Å². The second-order valence-corrected chi connectivity index (χ2v) is 13.5. The van der Waals surface area contributed by atoms with Crippen molar-refractivity contribution in [3.05, 3.63) is 55.0 Å². The maximum Gasteiger partial charge on any atom is 0.510 e. The highest BCUT2D eigenvalue weighted by Crippen LogP contribution is 2.34. The fraction of sp³-hybridized carbons (Fsp3) is 0.429. The van der Waals surface area contributed by atoms with E-state index in [1.165, 1.54) is 0 Å². The lowest BCUT2D eigenvalue weighted by atomic mass is 9.91. The smallest absolute Gasteiger partial charge is 0.497 e. The maximum absolute atomic E-state index is 13.6. The minimum Gasteiger partial charge on any atom is -0.497 e. The fourth-order valence-electron chi connectivity index (χ4n) is 6.15. The third kappa shape index (κ3) is 7.07. The van der Waals surface area contributed by atoms with Crippen LogP contribution < -0.4 is 14.4 Å². The quantitative estimate of drug-likeness (QED) is 0.244. The molecule has 0 atom stereocenters. The summed E-state index contributed by atoms with van der Waals surface area (Å²) >= 11 is 0. The largest absolute Gasteiger partial charge is 0.510 e. The highest BCUT2D eigenvalue weighted by atomic mass is 16.7. The molecule has 4 aromatic rings. The number of piperidine rings is 1. The molecular formula is C35H41N7O8. The molecule has 2 aliphatic heterocycles. The zero-order valence-corrected chi connectivity index (χ0v) is 29.0. The minimum absolute atomic E-state index is 0.0148. The molecule has 0 bridgehead atoms. The van der Waals surface area contributed by atoms with E-state index in [2.05, 4.69) is 10.1 Å². The SMILES string of the molecule is COc1cc(OC)cc(N(C)c2ccc3ncc(-c4cnn(C5CCN(C(=O)C6(OC(=O)OC(C)(C)C)CN(C(=O)O)C6)CC5)c4)nc3c2)c1. The van der Waals surface area contributed by atoms with Crippen molar-refractivity contribution in [2.24, 2.45) is 0 Å². The van der Waals surface area contributed by atoms with E-state index in [1.807, 2.05) is 59.2 Å². The molecule has 0 unspecified atom stereocenters. The van der Waals surface area contributed by atoms with Crippen molar-refractivity contribution in [3.63, 3.8) is 0 Å². The number of carboxylic acid groups (broad SMARTS) is 1. The zero-order chi connectivity index (χ0) is 35.8. The van der Waals surface area contributed by atoms with Gasteiger partial charge in [-0.3, -0.25) is 19.4 Å². The van der Waals surface area contributed by atoms with Crippen LogP contribution in [-0.2, 0) is 14.3 Å². The average molecular weight is 688 g/mol. The number of fused-ring (bicyclic) bond motifs is 1. The Morgan fingerprint density at radius 2 is 1.60 bits per heavy atom. The predicted octanol–water partition coefficient (Wildman–Crippen LogP) is 5.13. The van der Waals surface area contributed by atoms with Gasteiger partial charge in [0.25, 0.3) is 5.91 Å². The zero-order valence-electron chi connectivity index (χ0n) is 29.0. The summed E-state index contributed by atoms with van der Waals surface area (Å²) in [6, 6.07) is 11.6. The first-order chi connectivity index (χ1) is 23.8. The summed E-state index contributed by atoms with van der Waals surface area (Å²) in [6.45, 7) is 5.33. The van der Waals surface area contributed by atoms with Gasteiger partial charge >= 0.3 is 12.2 Å². The number of hydrogen-bond acceptors (Lipinski definition) is 11. The molecule has 2 amide bonds. The first kappa shape index (κ1) is 34.3. The van der Waals surface area contributed by atoms with E-state index in [-0.39, 0.29) is 19.1 Å². The van der Waals surface area contributed by atoms with Crippen LogP contribution in [0.3, 0.4) is 0 Å². The lowest BCUT2D eigenvalue weighted by Crippen LogP contribution is -2.72. The van der Waals surface area contributed by atoms with Crippen molar-refractivity contribution in [2.75, 3.05) is 52.3 Å². The predicted molar refractivity (Wildman–Crippen MR) is 183 cm³/mol. The summed E-state index contributed by atoms with van der Waals surface area (Å²) in [6.07, 6.45) is 4.42. The molecule has 15 nitrogen and oxygen atoms in total. The van der Waals surface area contributed by atoms with Crippen molar-refractivity contribution in [1.29, 1.82) is 0 Å². The molecule has 15 heteroatoms. The van der Waals surface area contributed by atoms with Crippen molar-refractivity contribution in [1.82, 2.24) is 29.5 Å². The Kier molecular flexibility index (Phi) is 9.16. The lowest BCUT2D eigenvalue weighted by Gasteiger charge is -2.48. The first-order valence-electron chi connectivity index (χ1n) is 16.2. The Morgan fingerprint density at radius 3 is 2.22 bits per heavy atom. The number of anilines is 2. The monoisotopic (exact) mass is 687 g/mol. The van der Waals surface area contributed by atoms with Gasteiger partial charge in [0, 0.05) is 61.5 Å². The third-order valence-corrected chi connectivity index (χ3v) is 8.88. The number of likely N-dealkylation sites (tertiary alicyclic amines) is 2. The molecule has 2 fully saturated rings. The fourth-order valence-corrected chi connectivity index (χ4v) is 6.15. The van der Waals surface area contributed by atoms with Gasteiger partial charge in [-0.15, -0.1) is 0 Å². The van der Waals surface area contributed by atoms with Crippen LogP contribution in [-0.4, -0.2) is 111 Å². The Balaban J connectivity index is 1.13. The van der Waals surface area contributed by atoms with Crippen LogP contribution >= 0.6 is 0 Å². The summed E-state index contributed by atoms with van der Waals surface area (Å²) in [5.74, 6) is 0.942. The number of benzene rings is 2. The van der Waals surface area contributed by atoms with Gasteiger partial charge in [-0.2, -0.15) is 5.10 Å². The van der Waals surface area contributed by atoms with Gasteiger partial charge in [-0.1, -0.05) is 0 Å². The Bertz CT molecular complexity index is 1890. The number of nitrogens with zero attached hydrogens (tertiary/aromatic N) is 7. The number of amides is 2. The molecule has 4 heterocycles. The average Bonchev–Trinajstić information content (AvgIpc) is 3.58. The van der Waals surface area contributed by atoms with Gasteiger partial charge in [-0.05, 0) is 51.8 Å². The molecule has 2 aliphatic rings. The molecule has 0 aliphatic carbocycles. The maximum atomic E-state index is 13.6. The summed E-state index contributed by atoms with van der Waals surface area (Å²) in [4.78, 5) is 51.8. The summed E-state index contributed by atoms with van der Waals surface area (Å²) in [5, 5.41) is 14.0. The number of aromatic nitrogens is 4. The van der Waals surface area contributed by atoms with Gasteiger partial charge in [0.15, 0.2) is 0 Å². The van der Waals surface area contributed by atoms with Gasteiger partial charge in [0.2, 0.25) is 5.60 Å². The molecule has 0 saturated carbocycles. The molecule has 2 saturated heterocycles. The van der Waals surface area contributed by atoms with Gasteiger partial charge in [0.05, 0.1) is 62.5 Å². The molecule has 0 radical (unpaired) electrons. The van der Waals surface area contributed by atoms with Gasteiger partial charge < -0.3 is 33.9 Å². The van der Waals surface area contributed by atoms with Crippen LogP contribution in [0.5, 0.6) is 11.5 Å². The number of methoxy groups -OCH3 is 2. The van der Waals surface area contributed by atoms with Gasteiger partial charge in [-0.25, -0.2) is 14.6 Å². The Labute approximate surface area is 289 Å². The van der Waals surface area contributed by atoms with E-state index in [9.17, 15) is 19.5 Å². The number of hydrogen-bond donors (Lipinski definition) is 1. The van der Waals surface area contributed by atoms with E-state index < -0.39 is 29.4 Å². The van der Waals surface area contributed by atoms with Crippen molar-refractivity contribution < 1.29 is 38.4 Å². The standard InChI is InChI=1S/C35H41N7O8/c1-34(2,3)49-33(46)50-35(20-41(21-35)32(44)45)31(43)40-11-9-23(10-12-40)42-19-22(17-37-42)30-18-36-28-8-7-24(15-29(28)38-30)39(4)25-13-26(47-5)16-27(14-25)48-6/h7-8,13-19,23H,9-12,20-21H2,1-6H3,(H,44,45).